The molecule has 3 rings (SSSR count). The van der Waals surface area contributed by atoms with Gasteiger partial charge in [-0.2, -0.15) is 0 Å². The first-order valence-electron chi connectivity index (χ1n) is 12.6. The predicted octanol–water partition coefficient (Wildman–Crippen LogP) is 4.57. The number of rotatable bonds is 13. The molecule has 0 radical (unpaired) electrons. The van der Waals surface area contributed by atoms with Gasteiger partial charge in [-0.1, -0.05) is 13.3 Å². The molecule has 0 saturated heterocycles. The van der Waals surface area contributed by atoms with E-state index in [1.54, 1.807) is 24.3 Å². The molecule has 0 spiro atoms. The molecular formula is C28H36O8. The number of carbonyl (C=O) groups excluding carboxylic acids is 2. The van der Waals surface area contributed by atoms with Gasteiger partial charge in [0.1, 0.15) is 17.1 Å². The standard InChI is InChI=1S/C28H36O8/c1-4-12-28(33)17-21(9-10-23(28)19(3)30)34-13-6-5-7-14-35-26-16-25-20(15-22(26)18(2)29)8-11-24(36-25)27(31)32/h9-10,15-16,24,33H,4-8,11-14,17H2,1-3H3,(H,31,32). The molecule has 0 bridgehead atoms. The zero-order valence-electron chi connectivity index (χ0n) is 21.3. The lowest BCUT2D eigenvalue weighted by molar-refractivity contribution is -0.145. The number of unbranched alkanes of at least 4 members (excludes halogenated alkanes) is 2. The summed E-state index contributed by atoms with van der Waals surface area (Å²) in [7, 11) is 0. The van der Waals surface area contributed by atoms with E-state index in [4.69, 9.17) is 14.2 Å². The number of carboxylic acid groups (broad SMARTS) is 1. The molecule has 1 aromatic carbocycles. The molecule has 0 saturated carbocycles. The Hall–Kier alpha value is -3.13. The number of benzene rings is 1. The van der Waals surface area contributed by atoms with Gasteiger partial charge in [0.05, 0.1) is 24.5 Å². The van der Waals surface area contributed by atoms with Crippen molar-refractivity contribution < 1.29 is 38.8 Å². The van der Waals surface area contributed by atoms with Crippen LogP contribution in [0, 0.1) is 0 Å². The van der Waals surface area contributed by atoms with Crippen molar-refractivity contribution in [1.29, 1.82) is 0 Å². The van der Waals surface area contributed by atoms with Gasteiger partial charge in [-0.25, -0.2) is 4.79 Å². The number of carboxylic acids is 1. The lowest BCUT2D eigenvalue weighted by Crippen LogP contribution is -2.36. The molecule has 2 N–H and O–H groups in total. The van der Waals surface area contributed by atoms with Crippen molar-refractivity contribution in [3.05, 3.63) is 46.7 Å². The average molecular weight is 501 g/mol. The van der Waals surface area contributed by atoms with Gasteiger partial charge in [-0.3, -0.25) is 9.59 Å². The van der Waals surface area contributed by atoms with E-state index in [9.17, 15) is 24.6 Å². The highest BCUT2D eigenvalue weighted by molar-refractivity contribution is 5.97. The van der Waals surface area contributed by atoms with Gasteiger partial charge < -0.3 is 24.4 Å². The van der Waals surface area contributed by atoms with Crippen LogP contribution < -0.4 is 9.47 Å². The fourth-order valence-corrected chi connectivity index (χ4v) is 4.70. The smallest absolute Gasteiger partial charge is 0.344 e. The molecule has 2 atom stereocenters. The zero-order chi connectivity index (χ0) is 26.3. The van der Waals surface area contributed by atoms with Crippen molar-refractivity contribution >= 4 is 17.5 Å². The van der Waals surface area contributed by atoms with Crippen molar-refractivity contribution in [2.24, 2.45) is 0 Å². The molecule has 0 fully saturated rings. The highest BCUT2D eigenvalue weighted by Crippen LogP contribution is 2.36. The second-order valence-corrected chi connectivity index (χ2v) is 9.48. The van der Waals surface area contributed by atoms with Crippen molar-refractivity contribution in [2.75, 3.05) is 13.2 Å². The minimum absolute atomic E-state index is 0.118. The Bertz CT molecular complexity index is 1050. The van der Waals surface area contributed by atoms with Crippen molar-refractivity contribution in [3.8, 4) is 11.5 Å². The highest BCUT2D eigenvalue weighted by atomic mass is 16.5. The number of ether oxygens (including phenoxy) is 3. The Balaban J connectivity index is 1.47. The first-order chi connectivity index (χ1) is 17.1. The second-order valence-electron chi connectivity index (χ2n) is 9.48. The topological polar surface area (TPSA) is 119 Å². The fourth-order valence-electron chi connectivity index (χ4n) is 4.70. The number of fused-ring (bicyclic) bond motifs is 1. The Kier molecular flexibility index (Phi) is 9.31. The Morgan fingerprint density at radius 3 is 2.42 bits per heavy atom. The Morgan fingerprint density at radius 2 is 1.78 bits per heavy atom. The molecule has 0 amide bonds. The molecule has 1 aromatic rings. The molecule has 196 valence electrons. The summed E-state index contributed by atoms with van der Waals surface area (Å²) < 4.78 is 17.3. The van der Waals surface area contributed by atoms with E-state index in [1.165, 1.54) is 13.8 Å². The van der Waals surface area contributed by atoms with E-state index in [1.807, 2.05) is 6.92 Å². The van der Waals surface area contributed by atoms with Gasteiger partial charge in [-0.05, 0) is 76.2 Å². The molecule has 2 aliphatic rings. The molecule has 0 aromatic heterocycles. The van der Waals surface area contributed by atoms with Gasteiger partial charge in [0.15, 0.2) is 17.7 Å². The highest BCUT2D eigenvalue weighted by Gasteiger charge is 2.36. The Labute approximate surface area is 211 Å². The summed E-state index contributed by atoms with van der Waals surface area (Å²) in [6.07, 6.45) is 7.35. The number of carbonyl (C=O) groups is 3. The maximum atomic E-state index is 12.1. The first-order valence-corrected chi connectivity index (χ1v) is 12.6. The number of aliphatic hydroxyl groups is 1. The lowest BCUT2D eigenvalue weighted by Gasteiger charge is -2.32. The minimum Gasteiger partial charge on any atom is -0.498 e. The van der Waals surface area contributed by atoms with Gasteiger partial charge in [-0.15, -0.1) is 0 Å². The summed E-state index contributed by atoms with van der Waals surface area (Å²) in [5.74, 6) is 0.281. The zero-order valence-corrected chi connectivity index (χ0v) is 21.3. The van der Waals surface area contributed by atoms with Crippen LogP contribution in [0.15, 0.2) is 35.6 Å². The second kappa shape index (κ2) is 12.2. The molecule has 8 nitrogen and oxygen atoms in total. The lowest BCUT2D eigenvalue weighted by atomic mass is 9.80. The van der Waals surface area contributed by atoms with E-state index < -0.39 is 17.7 Å². The summed E-state index contributed by atoms with van der Waals surface area (Å²) in [6, 6.07) is 3.36. The predicted molar refractivity (Wildman–Crippen MR) is 133 cm³/mol. The van der Waals surface area contributed by atoms with Gasteiger partial charge >= 0.3 is 5.97 Å². The van der Waals surface area contributed by atoms with E-state index in [0.29, 0.717) is 67.3 Å². The van der Waals surface area contributed by atoms with Crippen LogP contribution in [0.25, 0.3) is 0 Å². The quantitative estimate of drug-likeness (QED) is 0.299. The molecule has 1 heterocycles. The van der Waals surface area contributed by atoms with Crippen LogP contribution >= 0.6 is 0 Å². The number of aryl methyl sites for hydroxylation is 1. The van der Waals surface area contributed by atoms with E-state index in [2.05, 4.69) is 0 Å². The van der Waals surface area contributed by atoms with E-state index in [-0.39, 0.29) is 11.6 Å². The van der Waals surface area contributed by atoms with Crippen LogP contribution in [0.2, 0.25) is 0 Å². The third kappa shape index (κ3) is 6.75. The van der Waals surface area contributed by atoms with Crippen LogP contribution in [0.4, 0.5) is 0 Å². The number of allylic oxidation sites excluding steroid dienone is 2. The van der Waals surface area contributed by atoms with Crippen molar-refractivity contribution in [2.45, 2.75) is 83.8 Å². The summed E-state index contributed by atoms with van der Waals surface area (Å²) in [6.45, 7) is 5.80. The summed E-state index contributed by atoms with van der Waals surface area (Å²) in [5.41, 5.74) is 0.548. The summed E-state index contributed by atoms with van der Waals surface area (Å²) in [4.78, 5) is 35.3. The number of hydrogen-bond donors (Lipinski definition) is 2. The molecule has 2 unspecified atom stereocenters. The van der Waals surface area contributed by atoms with E-state index >= 15 is 0 Å². The number of ketones is 2. The third-order valence-corrected chi connectivity index (χ3v) is 6.54. The van der Waals surface area contributed by atoms with Crippen LogP contribution in [-0.2, 0) is 20.7 Å². The van der Waals surface area contributed by atoms with Crippen molar-refractivity contribution in [3.63, 3.8) is 0 Å². The number of Topliss-reactive ketones (excluding diaryl/α,β-unsaturated/α-hetero) is 2. The molecular weight excluding hydrogens is 464 g/mol. The SMILES string of the molecule is CCCC1(O)CC(OCCCCCOc2cc3c(cc2C(C)=O)CCC(C(=O)O)O3)=CC=C1C(C)=O. The third-order valence-electron chi connectivity index (χ3n) is 6.54. The Morgan fingerprint density at radius 1 is 1.06 bits per heavy atom. The van der Waals surface area contributed by atoms with Gasteiger partial charge in [0, 0.05) is 18.1 Å². The molecule has 1 aliphatic carbocycles. The first kappa shape index (κ1) is 27.5. The number of hydrogen-bond acceptors (Lipinski definition) is 7. The van der Waals surface area contributed by atoms with Crippen LogP contribution in [0.5, 0.6) is 11.5 Å². The largest absolute Gasteiger partial charge is 0.498 e. The summed E-state index contributed by atoms with van der Waals surface area (Å²) >= 11 is 0. The monoisotopic (exact) mass is 500 g/mol. The van der Waals surface area contributed by atoms with Crippen LogP contribution in [0.1, 0.15) is 81.6 Å². The molecule has 8 heteroatoms. The van der Waals surface area contributed by atoms with Crippen molar-refractivity contribution in [1.82, 2.24) is 0 Å². The normalized spacial score (nSPS) is 20.9. The fraction of sp³-hybridized carbons (Fsp3) is 0.536. The number of aliphatic carboxylic acids is 1. The molecule has 1 aliphatic heterocycles. The van der Waals surface area contributed by atoms with Gasteiger partial charge in [0.2, 0.25) is 0 Å². The van der Waals surface area contributed by atoms with Crippen LogP contribution in [-0.4, -0.2) is 52.7 Å². The minimum atomic E-state index is -1.17. The summed E-state index contributed by atoms with van der Waals surface area (Å²) in [5, 5.41) is 20.2. The maximum absolute atomic E-state index is 12.1. The van der Waals surface area contributed by atoms with E-state index in [0.717, 1.165) is 31.2 Å². The maximum Gasteiger partial charge on any atom is 0.344 e. The van der Waals surface area contributed by atoms with Crippen LogP contribution in [0.3, 0.4) is 0 Å². The molecule has 36 heavy (non-hydrogen) atoms. The van der Waals surface area contributed by atoms with Gasteiger partial charge in [0.25, 0.3) is 0 Å². The average Bonchev–Trinajstić information content (AvgIpc) is 2.82.